The number of nitrogens with one attached hydrogen (secondary N) is 1. The molecule has 22 heavy (non-hydrogen) atoms. The van der Waals surface area contributed by atoms with Crippen molar-refractivity contribution in [3.63, 3.8) is 0 Å². The number of hydrogen-bond acceptors (Lipinski definition) is 6. The van der Waals surface area contributed by atoms with Gasteiger partial charge < -0.3 is 14.8 Å². The average molecular weight is 300 g/mol. The first-order valence-corrected chi connectivity index (χ1v) is 7.05. The number of ether oxygens (including phenoxy) is 2. The highest BCUT2D eigenvalue weighted by atomic mass is 16.5. The Morgan fingerprint density at radius 1 is 1.32 bits per heavy atom. The van der Waals surface area contributed by atoms with Gasteiger partial charge in [-0.1, -0.05) is 0 Å². The molecule has 1 fully saturated rings. The zero-order valence-corrected chi connectivity index (χ0v) is 11.9. The number of carbonyl (C=O) groups is 1. The molecule has 0 aliphatic carbocycles. The van der Waals surface area contributed by atoms with Crippen LogP contribution in [0.2, 0.25) is 0 Å². The van der Waals surface area contributed by atoms with Gasteiger partial charge in [-0.05, 0) is 6.07 Å². The molecule has 1 amide bonds. The van der Waals surface area contributed by atoms with E-state index in [9.17, 15) is 4.79 Å². The Morgan fingerprint density at radius 3 is 2.95 bits per heavy atom. The highest BCUT2D eigenvalue weighted by Crippen LogP contribution is 2.14. The summed E-state index contributed by atoms with van der Waals surface area (Å²) in [5.74, 6) is 0.287. The molecular weight excluding hydrogens is 284 g/mol. The standard InChI is InChI=1S/C15H16N4O3/c20-15(19-9-12-8-16-4-5-17-12)11-1-2-14(18-7-11)22-13-3-6-21-10-13/h1-2,4-5,7-8,13H,3,6,9-10H2,(H,19,20). The number of carbonyl (C=O) groups excluding carboxylic acids is 1. The third kappa shape index (κ3) is 3.76. The quantitative estimate of drug-likeness (QED) is 0.885. The van der Waals surface area contributed by atoms with Crippen LogP contribution in [0.3, 0.4) is 0 Å². The van der Waals surface area contributed by atoms with E-state index in [0.29, 0.717) is 36.9 Å². The fraction of sp³-hybridized carbons (Fsp3) is 0.333. The number of nitrogens with zero attached hydrogens (tertiary/aromatic N) is 3. The van der Waals surface area contributed by atoms with Crippen LogP contribution < -0.4 is 10.1 Å². The molecule has 3 heterocycles. The highest BCUT2D eigenvalue weighted by Gasteiger charge is 2.17. The zero-order chi connectivity index (χ0) is 15.2. The third-order valence-electron chi connectivity index (χ3n) is 3.22. The maximum Gasteiger partial charge on any atom is 0.253 e. The van der Waals surface area contributed by atoms with Crippen molar-refractivity contribution >= 4 is 5.91 Å². The predicted octanol–water partition coefficient (Wildman–Crippen LogP) is 0.969. The normalized spacial score (nSPS) is 17.2. The summed E-state index contributed by atoms with van der Waals surface area (Å²) >= 11 is 0. The molecule has 1 saturated heterocycles. The fourth-order valence-electron chi connectivity index (χ4n) is 2.06. The molecule has 0 bridgehead atoms. The Hall–Kier alpha value is -2.54. The maximum atomic E-state index is 12.0. The molecule has 3 rings (SSSR count). The summed E-state index contributed by atoms with van der Waals surface area (Å²) in [5.41, 5.74) is 1.17. The van der Waals surface area contributed by atoms with Gasteiger partial charge in [0.25, 0.3) is 5.91 Å². The van der Waals surface area contributed by atoms with Crippen molar-refractivity contribution in [2.75, 3.05) is 13.2 Å². The second-order valence-corrected chi connectivity index (χ2v) is 4.87. The van der Waals surface area contributed by atoms with Gasteiger partial charge in [0.05, 0.1) is 37.2 Å². The minimum Gasteiger partial charge on any atom is -0.472 e. The predicted molar refractivity (Wildman–Crippen MR) is 77.3 cm³/mol. The van der Waals surface area contributed by atoms with Crippen molar-refractivity contribution in [2.45, 2.75) is 19.1 Å². The van der Waals surface area contributed by atoms with E-state index in [1.807, 2.05) is 0 Å². The van der Waals surface area contributed by atoms with E-state index >= 15 is 0 Å². The van der Waals surface area contributed by atoms with Gasteiger partial charge in [0, 0.05) is 31.1 Å². The molecule has 1 N–H and O–H groups in total. The van der Waals surface area contributed by atoms with E-state index in [1.54, 1.807) is 30.7 Å². The summed E-state index contributed by atoms with van der Waals surface area (Å²) in [5, 5.41) is 2.77. The van der Waals surface area contributed by atoms with Crippen LogP contribution in [0.4, 0.5) is 0 Å². The summed E-state index contributed by atoms with van der Waals surface area (Å²) in [4.78, 5) is 24.2. The molecule has 1 aliphatic heterocycles. The Kier molecular flexibility index (Phi) is 4.55. The van der Waals surface area contributed by atoms with Gasteiger partial charge in [-0.25, -0.2) is 4.98 Å². The summed E-state index contributed by atoms with van der Waals surface area (Å²) in [7, 11) is 0. The van der Waals surface area contributed by atoms with E-state index in [-0.39, 0.29) is 12.0 Å². The van der Waals surface area contributed by atoms with Gasteiger partial charge in [-0.15, -0.1) is 0 Å². The molecule has 2 aromatic rings. The zero-order valence-electron chi connectivity index (χ0n) is 11.9. The van der Waals surface area contributed by atoms with Crippen molar-refractivity contribution in [2.24, 2.45) is 0 Å². The topological polar surface area (TPSA) is 86.2 Å². The molecule has 1 aliphatic rings. The van der Waals surface area contributed by atoms with Crippen LogP contribution >= 0.6 is 0 Å². The molecule has 0 spiro atoms. The monoisotopic (exact) mass is 300 g/mol. The first-order chi connectivity index (χ1) is 10.8. The molecule has 7 nitrogen and oxygen atoms in total. The van der Waals surface area contributed by atoms with Crippen molar-refractivity contribution in [3.8, 4) is 5.88 Å². The molecule has 0 aromatic carbocycles. The summed E-state index contributed by atoms with van der Waals surface area (Å²) < 4.78 is 10.9. The van der Waals surface area contributed by atoms with Gasteiger partial charge >= 0.3 is 0 Å². The molecule has 114 valence electrons. The lowest BCUT2D eigenvalue weighted by atomic mass is 10.2. The maximum absolute atomic E-state index is 12.0. The van der Waals surface area contributed by atoms with E-state index in [4.69, 9.17) is 9.47 Å². The first kappa shape index (κ1) is 14.4. The third-order valence-corrected chi connectivity index (χ3v) is 3.22. The van der Waals surface area contributed by atoms with Crippen molar-refractivity contribution in [3.05, 3.63) is 48.2 Å². The van der Waals surface area contributed by atoms with Gasteiger partial charge in [-0.3, -0.25) is 14.8 Å². The largest absolute Gasteiger partial charge is 0.472 e. The fourth-order valence-corrected chi connectivity index (χ4v) is 2.06. The average Bonchev–Trinajstić information content (AvgIpc) is 3.07. The van der Waals surface area contributed by atoms with Crippen molar-refractivity contribution in [1.29, 1.82) is 0 Å². The van der Waals surface area contributed by atoms with Crippen molar-refractivity contribution < 1.29 is 14.3 Å². The van der Waals surface area contributed by atoms with Crippen LogP contribution in [-0.2, 0) is 11.3 Å². The molecule has 0 saturated carbocycles. The number of hydrogen-bond donors (Lipinski definition) is 1. The molecule has 1 unspecified atom stereocenters. The van der Waals surface area contributed by atoms with Gasteiger partial charge in [0.15, 0.2) is 0 Å². The second kappa shape index (κ2) is 6.95. The van der Waals surface area contributed by atoms with Crippen LogP contribution in [0.5, 0.6) is 5.88 Å². The van der Waals surface area contributed by atoms with Crippen LogP contribution in [-0.4, -0.2) is 40.2 Å². The van der Waals surface area contributed by atoms with Gasteiger partial charge in [0.1, 0.15) is 6.10 Å². The smallest absolute Gasteiger partial charge is 0.253 e. The molecule has 2 aromatic heterocycles. The Balaban J connectivity index is 1.54. The second-order valence-electron chi connectivity index (χ2n) is 4.87. The summed E-state index contributed by atoms with van der Waals surface area (Å²) in [6.07, 6.45) is 7.19. The SMILES string of the molecule is O=C(NCc1cnccn1)c1ccc(OC2CCOC2)nc1. The lowest BCUT2D eigenvalue weighted by Crippen LogP contribution is -2.23. The minimum atomic E-state index is -0.214. The molecule has 0 radical (unpaired) electrons. The number of pyridine rings is 1. The number of aromatic nitrogens is 3. The van der Waals surface area contributed by atoms with Crippen LogP contribution in [0.1, 0.15) is 22.5 Å². The lowest BCUT2D eigenvalue weighted by molar-refractivity contribution is 0.0949. The van der Waals surface area contributed by atoms with Gasteiger partial charge in [0.2, 0.25) is 5.88 Å². The van der Waals surface area contributed by atoms with Crippen molar-refractivity contribution in [1.82, 2.24) is 20.3 Å². The Bertz CT molecular complexity index is 612. The number of rotatable bonds is 5. The summed E-state index contributed by atoms with van der Waals surface area (Å²) in [6, 6.07) is 3.37. The van der Waals surface area contributed by atoms with Crippen LogP contribution in [0.15, 0.2) is 36.9 Å². The molecular formula is C15H16N4O3. The van der Waals surface area contributed by atoms with E-state index < -0.39 is 0 Å². The van der Waals surface area contributed by atoms with E-state index in [2.05, 4.69) is 20.3 Å². The minimum absolute atomic E-state index is 0.0452. The van der Waals surface area contributed by atoms with Crippen LogP contribution in [0.25, 0.3) is 0 Å². The molecule has 7 heteroatoms. The van der Waals surface area contributed by atoms with E-state index in [1.165, 1.54) is 6.20 Å². The first-order valence-electron chi connectivity index (χ1n) is 7.05. The lowest BCUT2D eigenvalue weighted by Gasteiger charge is -2.11. The van der Waals surface area contributed by atoms with E-state index in [0.717, 1.165) is 6.42 Å². The summed E-state index contributed by atoms with van der Waals surface area (Å²) in [6.45, 7) is 1.62. The van der Waals surface area contributed by atoms with Crippen LogP contribution in [0, 0.1) is 0 Å². The Labute approximate surface area is 127 Å². The van der Waals surface area contributed by atoms with Gasteiger partial charge in [-0.2, -0.15) is 0 Å². The number of amides is 1. The Morgan fingerprint density at radius 2 is 2.27 bits per heavy atom. The highest BCUT2D eigenvalue weighted by molar-refractivity contribution is 5.93. The molecule has 1 atom stereocenters.